The normalized spacial score (nSPS) is 27.3. The van der Waals surface area contributed by atoms with Crippen molar-refractivity contribution in [3.8, 4) is 0 Å². The molecule has 0 radical (unpaired) electrons. The van der Waals surface area contributed by atoms with Crippen LogP contribution in [-0.4, -0.2) is 47.8 Å². The van der Waals surface area contributed by atoms with E-state index in [2.05, 4.69) is 11.8 Å². The second-order valence-electron chi connectivity index (χ2n) is 4.63. The molecule has 0 amide bonds. The molecule has 2 rings (SSSR count). The van der Waals surface area contributed by atoms with Gasteiger partial charge in [0.25, 0.3) is 0 Å². The number of carboxylic acids is 1. The number of carboxylic acid groups (broad SMARTS) is 1. The Hall–Kier alpha value is -0.610. The molecule has 4 nitrogen and oxygen atoms in total. The van der Waals surface area contributed by atoms with Crippen LogP contribution in [0.4, 0.5) is 0 Å². The molecule has 0 aromatic carbocycles. The summed E-state index contributed by atoms with van der Waals surface area (Å²) in [6.45, 7) is 5.23. The van der Waals surface area contributed by atoms with Crippen molar-refractivity contribution in [1.82, 2.24) is 4.90 Å². The molecular weight excluding hydrogens is 194 g/mol. The zero-order valence-electron chi connectivity index (χ0n) is 9.24. The van der Waals surface area contributed by atoms with Crippen molar-refractivity contribution in [2.75, 3.05) is 26.3 Å². The summed E-state index contributed by atoms with van der Waals surface area (Å²) >= 11 is 0. The van der Waals surface area contributed by atoms with Crippen LogP contribution in [0.5, 0.6) is 0 Å². The molecule has 4 heteroatoms. The van der Waals surface area contributed by atoms with Crippen molar-refractivity contribution >= 4 is 5.97 Å². The van der Waals surface area contributed by atoms with Gasteiger partial charge in [0.15, 0.2) is 0 Å². The number of rotatable bonds is 3. The molecule has 2 saturated heterocycles. The van der Waals surface area contributed by atoms with E-state index < -0.39 is 11.5 Å². The molecule has 0 aromatic rings. The number of hydrogen-bond acceptors (Lipinski definition) is 3. The SMILES string of the molecule is CCC1CN(C2(C(=O)O)CCOCC2)C1. The number of hydrogen-bond donors (Lipinski definition) is 1. The lowest BCUT2D eigenvalue weighted by molar-refractivity contribution is -0.166. The van der Waals surface area contributed by atoms with Gasteiger partial charge < -0.3 is 9.84 Å². The molecule has 0 saturated carbocycles. The van der Waals surface area contributed by atoms with Crippen LogP contribution in [0.25, 0.3) is 0 Å². The number of ether oxygens (including phenoxy) is 1. The fourth-order valence-corrected chi connectivity index (χ4v) is 2.55. The van der Waals surface area contributed by atoms with Crippen LogP contribution in [-0.2, 0) is 9.53 Å². The van der Waals surface area contributed by atoms with Gasteiger partial charge in [0, 0.05) is 26.3 Å². The third-order valence-corrected chi connectivity index (χ3v) is 3.86. The van der Waals surface area contributed by atoms with Gasteiger partial charge in [-0.3, -0.25) is 9.69 Å². The largest absolute Gasteiger partial charge is 0.480 e. The summed E-state index contributed by atoms with van der Waals surface area (Å²) in [7, 11) is 0. The molecule has 0 bridgehead atoms. The van der Waals surface area contributed by atoms with Crippen LogP contribution >= 0.6 is 0 Å². The van der Waals surface area contributed by atoms with Gasteiger partial charge in [-0.1, -0.05) is 13.3 Å². The Morgan fingerprint density at radius 3 is 2.53 bits per heavy atom. The van der Waals surface area contributed by atoms with Crippen LogP contribution in [0.3, 0.4) is 0 Å². The first-order valence-corrected chi connectivity index (χ1v) is 5.75. The molecule has 86 valence electrons. The molecule has 0 aromatic heterocycles. The molecule has 0 atom stereocenters. The minimum Gasteiger partial charge on any atom is -0.480 e. The molecule has 0 aliphatic carbocycles. The van der Waals surface area contributed by atoms with E-state index in [0.29, 0.717) is 32.0 Å². The first-order valence-electron chi connectivity index (χ1n) is 5.75. The Bertz CT molecular complexity index is 242. The number of carbonyl (C=O) groups is 1. The first-order chi connectivity index (χ1) is 7.19. The molecule has 1 N–H and O–H groups in total. The summed E-state index contributed by atoms with van der Waals surface area (Å²) in [6.07, 6.45) is 2.43. The van der Waals surface area contributed by atoms with Crippen LogP contribution in [0.15, 0.2) is 0 Å². The van der Waals surface area contributed by atoms with Gasteiger partial charge in [-0.25, -0.2) is 0 Å². The van der Waals surface area contributed by atoms with Crippen molar-refractivity contribution in [3.63, 3.8) is 0 Å². The lowest BCUT2D eigenvalue weighted by Gasteiger charge is -2.51. The number of likely N-dealkylation sites (tertiary alicyclic amines) is 1. The van der Waals surface area contributed by atoms with Gasteiger partial charge in [0.05, 0.1) is 0 Å². The standard InChI is InChI=1S/C11H19NO3/c1-2-9-7-12(8-9)11(10(13)14)3-5-15-6-4-11/h9H,2-8H2,1H3,(H,13,14). The van der Waals surface area contributed by atoms with Gasteiger partial charge in [-0.05, 0) is 18.8 Å². The van der Waals surface area contributed by atoms with Crippen LogP contribution in [0, 0.1) is 5.92 Å². The lowest BCUT2D eigenvalue weighted by Crippen LogP contribution is -2.65. The highest BCUT2D eigenvalue weighted by molar-refractivity contribution is 5.79. The van der Waals surface area contributed by atoms with Crippen molar-refractivity contribution in [1.29, 1.82) is 0 Å². The highest BCUT2D eigenvalue weighted by Gasteiger charge is 2.49. The van der Waals surface area contributed by atoms with Crippen LogP contribution in [0.2, 0.25) is 0 Å². The van der Waals surface area contributed by atoms with Gasteiger partial charge in [-0.15, -0.1) is 0 Å². The fourth-order valence-electron chi connectivity index (χ4n) is 2.55. The van der Waals surface area contributed by atoms with E-state index in [0.717, 1.165) is 19.5 Å². The summed E-state index contributed by atoms with van der Waals surface area (Å²) in [5.41, 5.74) is -0.621. The summed E-state index contributed by atoms with van der Waals surface area (Å²) in [4.78, 5) is 13.5. The summed E-state index contributed by atoms with van der Waals surface area (Å²) in [5, 5.41) is 9.39. The van der Waals surface area contributed by atoms with E-state index in [1.54, 1.807) is 0 Å². The lowest BCUT2D eigenvalue weighted by atomic mass is 9.82. The third kappa shape index (κ3) is 1.76. The minimum atomic E-state index is -0.666. The predicted octanol–water partition coefficient (Wildman–Crippen LogP) is 0.962. The van der Waals surface area contributed by atoms with Gasteiger partial charge in [-0.2, -0.15) is 0 Å². The number of nitrogens with zero attached hydrogens (tertiary/aromatic N) is 1. The summed E-state index contributed by atoms with van der Waals surface area (Å²) < 4.78 is 5.26. The average Bonchev–Trinajstić information content (AvgIpc) is 2.17. The molecule has 2 aliphatic heterocycles. The zero-order chi connectivity index (χ0) is 10.9. The zero-order valence-corrected chi connectivity index (χ0v) is 9.24. The molecule has 0 spiro atoms. The van der Waals surface area contributed by atoms with Crippen molar-refractivity contribution < 1.29 is 14.6 Å². The molecule has 15 heavy (non-hydrogen) atoms. The average molecular weight is 213 g/mol. The smallest absolute Gasteiger partial charge is 0.324 e. The highest BCUT2D eigenvalue weighted by atomic mass is 16.5. The molecule has 2 heterocycles. The fraction of sp³-hybridized carbons (Fsp3) is 0.909. The Morgan fingerprint density at radius 1 is 1.47 bits per heavy atom. The maximum Gasteiger partial charge on any atom is 0.324 e. The van der Waals surface area contributed by atoms with E-state index in [-0.39, 0.29) is 0 Å². The highest BCUT2D eigenvalue weighted by Crippen LogP contribution is 2.35. The van der Waals surface area contributed by atoms with Gasteiger partial charge in [0.1, 0.15) is 5.54 Å². The summed E-state index contributed by atoms with van der Waals surface area (Å²) in [6, 6.07) is 0. The topological polar surface area (TPSA) is 49.8 Å². The molecular formula is C11H19NO3. The molecule has 2 aliphatic rings. The Kier molecular flexibility index (Phi) is 2.98. The van der Waals surface area contributed by atoms with Crippen molar-refractivity contribution in [2.45, 2.75) is 31.7 Å². The second-order valence-corrected chi connectivity index (χ2v) is 4.63. The van der Waals surface area contributed by atoms with E-state index in [1.165, 1.54) is 0 Å². The van der Waals surface area contributed by atoms with E-state index in [1.807, 2.05) is 0 Å². The third-order valence-electron chi connectivity index (χ3n) is 3.86. The van der Waals surface area contributed by atoms with Crippen LogP contribution in [0.1, 0.15) is 26.2 Å². The molecule has 2 fully saturated rings. The maximum atomic E-state index is 11.4. The Morgan fingerprint density at radius 2 is 2.07 bits per heavy atom. The van der Waals surface area contributed by atoms with Gasteiger partial charge >= 0.3 is 5.97 Å². The second kappa shape index (κ2) is 4.10. The number of aliphatic carboxylic acids is 1. The maximum absolute atomic E-state index is 11.4. The van der Waals surface area contributed by atoms with Gasteiger partial charge in [0.2, 0.25) is 0 Å². The van der Waals surface area contributed by atoms with Crippen molar-refractivity contribution in [2.24, 2.45) is 5.92 Å². The quantitative estimate of drug-likeness (QED) is 0.758. The Labute approximate surface area is 90.2 Å². The molecule has 0 unspecified atom stereocenters. The first kappa shape index (κ1) is 10.9. The van der Waals surface area contributed by atoms with Crippen LogP contribution < -0.4 is 0 Å². The predicted molar refractivity (Wildman–Crippen MR) is 55.8 cm³/mol. The van der Waals surface area contributed by atoms with E-state index in [9.17, 15) is 9.90 Å². The Balaban J connectivity index is 2.03. The minimum absolute atomic E-state index is 0.583. The van der Waals surface area contributed by atoms with E-state index in [4.69, 9.17) is 4.74 Å². The summed E-state index contributed by atoms with van der Waals surface area (Å²) in [5.74, 6) is 0.0319. The van der Waals surface area contributed by atoms with Crippen molar-refractivity contribution in [3.05, 3.63) is 0 Å². The van der Waals surface area contributed by atoms with E-state index >= 15 is 0 Å². The monoisotopic (exact) mass is 213 g/mol.